The zero-order valence-electron chi connectivity index (χ0n) is 15.2. The molecule has 0 spiro atoms. The van der Waals surface area contributed by atoms with Crippen molar-refractivity contribution < 1.29 is 14.4 Å². The summed E-state index contributed by atoms with van der Waals surface area (Å²) in [4.78, 5) is 40.3. The molecule has 3 rings (SSSR count). The molecule has 0 unspecified atom stereocenters. The molecule has 8 heteroatoms. The number of carbonyl (C=O) groups excluding carboxylic acids is 3. The normalized spacial score (nSPS) is 13.5. The van der Waals surface area contributed by atoms with Gasteiger partial charge in [-0.1, -0.05) is 23.7 Å². The third kappa shape index (κ3) is 4.54. The molecule has 6 nitrogen and oxygen atoms in total. The summed E-state index contributed by atoms with van der Waals surface area (Å²) >= 11 is 9.46. The van der Waals surface area contributed by atoms with Crippen LogP contribution in [-0.2, 0) is 9.59 Å². The lowest BCUT2D eigenvalue weighted by Crippen LogP contribution is -2.36. The van der Waals surface area contributed by atoms with Crippen LogP contribution in [0.2, 0.25) is 5.02 Å². The number of amides is 3. The number of nitrogens with one attached hydrogen (secondary N) is 1. The number of para-hydroxylation sites is 1. The van der Waals surface area contributed by atoms with Crippen LogP contribution >= 0.6 is 27.5 Å². The van der Waals surface area contributed by atoms with Crippen LogP contribution in [0.5, 0.6) is 0 Å². The first-order valence-electron chi connectivity index (χ1n) is 8.76. The Labute approximate surface area is 176 Å². The summed E-state index contributed by atoms with van der Waals surface area (Å²) in [7, 11) is 1.55. The van der Waals surface area contributed by atoms with E-state index in [2.05, 4.69) is 21.2 Å². The Morgan fingerprint density at radius 3 is 2.68 bits per heavy atom. The fourth-order valence-electron chi connectivity index (χ4n) is 3.06. The highest BCUT2D eigenvalue weighted by molar-refractivity contribution is 9.10. The van der Waals surface area contributed by atoms with Gasteiger partial charge in [0, 0.05) is 29.5 Å². The second-order valence-electron chi connectivity index (χ2n) is 6.50. The minimum absolute atomic E-state index is 0.0364. The summed E-state index contributed by atoms with van der Waals surface area (Å²) in [5.41, 5.74) is 1.46. The fourth-order valence-corrected chi connectivity index (χ4v) is 3.61. The average Bonchev–Trinajstić information content (AvgIpc) is 3.08. The Morgan fingerprint density at radius 1 is 1.25 bits per heavy atom. The fraction of sp³-hybridized carbons (Fsp3) is 0.250. The Balaban J connectivity index is 1.75. The van der Waals surface area contributed by atoms with Gasteiger partial charge in [-0.3, -0.25) is 14.4 Å². The summed E-state index contributed by atoms with van der Waals surface area (Å²) in [5, 5.41) is 3.21. The molecule has 2 aromatic carbocycles. The Bertz CT molecular complexity index is 935. The van der Waals surface area contributed by atoms with Crippen LogP contribution in [0.25, 0.3) is 0 Å². The molecule has 0 atom stereocenters. The lowest BCUT2D eigenvalue weighted by atomic mass is 10.1. The van der Waals surface area contributed by atoms with Crippen molar-refractivity contribution in [1.82, 2.24) is 4.90 Å². The summed E-state index contributed by atoms with van der Waals surface area (Å²) in [6.07, 6.45) is 1.19. The molecule has 146 valence electrons. The van der Waals surface area contributed by atoms with Gasteiger partial charge in [0.1, 0.15) is 0 Å². The quantitative estimate of drug-likeness (QED) is 0.729. The highest BCUT2D eigenvalue weighted by Crippen LogP contribution is 2.29. The number of benzene rings is 2. The van der Waals surface area contributed by atoms with Gasteiger partial charge in [0.15, 0.2) is 0 Å². The number of hydrogen-bond acceptors (Lipinski definition) is 3. The maximum Gasteiger partial charge on any atom is 0.256 e. The highest BCUT2D eigenvalue weighted by atomic mass is 79.9. The van der Waals surface area contributed by atoms with E-state index >= 15 is 0 Å². The Kier molecular flexibility index (Phi) is 6.36. The van der Waals surface area contributed by atoms with E-state index in [1.54, 1.807) is 36.2 Å². The largest absolute Gasteiger partial charge is 0.332 e. The van der Waals surface area contributed by atoms with E-state index in [4.69, 9.17) is 11.6 Å². The van der Waals surface area contributed by atoms with Gasteiger partial charge in [0.2, 0.25) is 11.8 Å². The third-order valence-electron chi connectivity index (χ3n) is 4.43. The van der Waals surface area contributed by atoms with Gasteiger partial charge in [-0.2, -0.15) is 0 Å². The first-order valence-corrected chi connectivity index (χ1v) is 9.93. The number of rotatable bonds is 5. The topological polar surface area (TPSA) is 69.7 Å². The molecule has 3 amide bonds. The van der Waals surface area contributed by atoms with Crippen molar-refractivity contribution in [2.24, 2.45) is 0 Å². The maximum absolute atomic E-state index is 13.0. The van der Waals surface area contributed by atoms with E-state index in [0.29, 0.717) is 34.9 Å². The number of carbonyl (C=O) groups is 3. The lowest BCUT2D eigenvalue weighted by molar-refractivity contribution is -0.117. The van der Waals surface area contributed by atoms with E-state index in [1.165, 1.54) is 4.90 Å². The van der Waals surface area contributed by atoms with Crippen molar-refractivity contribution in [2.45, 2.75) is 12.8 Å². The van der Waals surface area contributed by atoms with Gasteiger partial charge in [0.25, 0.3) is 5.91 Å². The Hall–Kier alpha value is -2.38. The second-order valence-corrected chi connectivity index (χ2v) is 7.79. The van der Waals surface area contributed by atoms with Crippen molar-refractivity contribution in [2.75, 3.05) is 30.4 Å². The second kappa shape index (κ2) is 8.75. The van der Waals surface area contributed by atoms with Crippen LogP contribution in [0, 0.1) is 0 Å². The van der Waals surface area contributed by atoms with Crippen LogP contribution < -0.4 is 10.2 Å². The van der Waals surface area contributed by atoms with Crippen LogP contribution in [0.1, 0.15) is 23.2 Å². The molecule has 1 fully saturated rings. The average molecular weight is 465 g/mol. The van der Waals surface area contributed by atoms with Crippen molar-refractivity contribution in [3.05, 3.63) is 57.5 Å². The molecular weight excluding hydrogens is 446 g/mol. The minimum atomic E-state index is -0.353. The van der Waals surface area contributed by atoms with E-state index < -0.39 is 0 Å². The molecule has 1 heterocycles. The molecule has 0 aromatic heterocycles. The number of likely N-dealkylation sites (N-methyl/N-ethyl adjacent to an activating group) is 1. The van der Waals surface area contributed by atoms with E-state index in [-0.39, 0.29) is 24.3 Å². The molecule has 0 radical (unpaired) electrons. The number of halogens is 2. The first kappa shape index (κ1) is 20.4. The SMILES string of the molecule is CN(CC(=O)Nc1ccccc1Br)C(=O)c1ccc(Cl)cc1N1CCCC1=O. The van der Waals surface area contributed by atoms with Crippen LogP contribution in [0.3, 0.4) is 0 Å². The molecule has 0 aliphatic carbocycles. The highest BCUT2D eigenvalue weighted by Gasteiger charge is 2.27. The van der Waals surface area contributed by atoms with Crippen LogP contribution in [0.15, 0.2) is 46.9 Å². The van der Waals surface area contributed by atoms with Gasteiger partial charge in [-0.15, -0.1) is 0 Å². The molecule has 1 N–H and O–H groups in total. The van der Waals surface area contributed by atoms with Crippen LogP contribution in [0.4, 0.5) is 11.4 Å². The third-order valence-corrected chi connectivity index (χ3v) is 5.36. The van der Waals surface area contributed by atoms with E-state index in [1.807, 2.05) is 18.2 Å². The monoisotopic (exact) mass is 463 g/mol. The number of nitrogens with zero attached hydrogens (tertiary/aromatic N) is 2. The molecule has 1 aliphatic heterocycles. The van der Waals surface area contributed by atoms with Crippen molar-refractivity contribution in [3.63, 3.8) is 0 Å². The van der Waals surface area contributed by atoms with Crippen LogP contribution in [-0.4, -0.2) is 42.8 Å². The molecule has 1 aliphatic rings. The molecular formula is C20H19BrClN3O3. The molecule has 1 saturated heterocycles. The predicted octanol–water partition coefficient (Wildman–Crippen LogP) is 3.94. The molecule has 0 bridgehead atoms. The van der Waals surface area contributed by atoms with Gasteiger partial charge in [-0.05, 0) is 52.7 Å². The van der Waals surface area contributed by atoms with E-state index in [0.717, 1.165) is 10.9 Å². The van der Waals surface area contributed by atoms with E-state index in [9.17, 15) is 14.4 Å². The van der Waals surface area contributed by atoms with Gasteiger partial charge in [0.05, 0.1) is 23.5 Å². The number of hydrogen-bond donors (Lipinski definition) is 1. The van der Waals surface area contributed by atoms with Gasteiger partial charge < -0.3 is 15.1 Å². The molecule has 0 saturated carbocycles. The maximum atomic E-state index is 13.0. The number of anilines is 2. The smallest absolute Gasteiger partial charge is 0.256 e. The summed E-state index contributed by atoms with van der Waals surface area (Å²) in [6.45, 7) is 0.419. The van der Waals surface area contributed by atoms with Crippen molar-refractivity contribution in [3.8, 4) is 0 Å². The predicted molar refractivity (Wildman–Crippen MR) is 113 cm³/mol. The molecule has 2 aromatic rings. The van der Waals surface area contributed by atoms with Crippen molar-refractivity contribution >= 4 is 56.6 Å². The van der Waals surface area contributed by atoms with Crippen molar-refractivity contribution in [1.29, 1.82) is 0 Å². The molecule has 28 heavy (non-hydrogen) atoms. The zero-order chi connectivity index (χ0) is 20.3. The first-order chi connectivity index (χ1) is 13.4. The van der Waals surface area contributed by atoms with Gasteiger partial charge in [-0.25, -0.2) is 0 Å². The lowest BCUT2D eigenvalue weighted by Gasteiger charge is -2.23. The standard InChI is InChI=1S/C20H19BrClN3O3/c1-24(12-18(26)23-16-6-3-2-5-15(16)21)20(28)14-9-8-13(22)11-17(14)25-10-4-7-19(25)27/h2-3,5-6,8-9,11H,4,7,10,12H2,1H3,(H,23,26). The van der Waals surface area contributed by atoms with Gasteiger partial charge >= 0.3 is 0 Å². The summed E-state index contributed by atoms with van der Waals surface area (Å²) in [6, 6.07) is 12.0. The summed E-state index contributed by atoms with van der Waals surface area (Å²) < 4.78 is 0.755. The minimum Gasteiger partial charge on any atom is -0.332 e. The Morgan fingerprint density at radius 2 is 2.00 bits per heavy atom. The zero-order valence-corrected chi connectivity index (χ0v) is 17.6. The summed E-state index contributed by atoms with van der Waals surface area (Å²) in [5.74, 6) is -0.713.